The normalized spacial score (nSPS) is 14.3. The number of rotatable bonds is 11. The fourth-order valence-electron chi connectivity index (χ4n) is 5.99. The van der Waals surface area contributed by atoms with Crippen LogP contribution in [0.15, 0.2) is 98.3 Å². The molecule has 11 nitrogen and oxygen atoms in total. The maximum atomic E-state index is 14.2. The van der Waals surface area contributed by atoms with Crippen molar-refractivity contribution < 1.29 is 28.7 Å². The van der Waals surface area contributed by atoms with Gasteiger partial charge in [0.25, 0.3) is 5.56 Å². The minimum absolute atomic E-state index is 0.0695. The minimum atomic E-state index is -0.893. The van der Waals surface area contributed by atoms with Gasteiger partial charge in [0.1, 0.15) is 6.61 Å². The maximum Gasteiger partial charge on any atom is 0.338 e. The number of hydrogen-bond acceptors (Lipinski definition) is 10. The zero-order valence-corrected chi connectivity index (χ0v) is 30.9. The van der Waals surface area contributed by atoms with E-state index in [2.05, 4.69) is 20.9 Å². The first kappa shape index (κ1) is 35.6. The van der Waals surface area contributed by atoms with Gasteiger partial charge in [-0.3, -0.25) is 19.5 Å². The number of thiazole rings is 1. The van der Waals surface area contributed by atoms with E-state index in [1.165, 1.54) is 17.7 Å². The summed E-state index contributed by atoms with van der Waals surface area (Å²) in [6.07, 6.45) is 1.46. The molecule has 0 spiro atoms. The second-order valence-electron chi connectivity index (χ2n) is 11.9. The van der Waals surface area contributed by atoms with E-state index in [1.807, 2.05) is 56.3 Å². The lowest BCUT2D eigenvalue weighted by atomic mass is 9.95. The Morgan fingerprint density at radius 1 is 1.10 bits per heavy atom. The van der Waals surface area contributed by atoms with Gasteiger partial charge in [0, 0.05) is 6.07 Å². The maximum absolute atomic E-state index is 14.2. The summed E-state index contributed by atoms with van der Waals surface area (Å²) >= 11 is 4.58. The van der Waals surface area contributed by atoms with E-state index >= 15 is 0 Å². The highest BCUT2D eigenvalue weighted by atomic mass is 79.9. The Hall–Kier alpha value is -5.27. The number of nitro benzene ring substituents is 1. The largest absolute Gasteiger partial charge is 0.493 e. The summed E-state index contributed by atoms with van der Waals surface area (Å²) in [4.78, 5) is 44.3. The van der Waals surface area contributed by atoms with Gasteiger partial charge in [0.2, 0.25) is 5.75 Å². The first-order valence-electron chi connectivity index (χ1n) is 16.1. The Morgan fingerprint density at radius 2 is 1.86 bits per heavy atom. The standard InChI is InChI=1S/C38H34BrN3O8S/c1-6-48-37(44)33-22(4)40-38-41(34(33)25-14-15-30(50-21(2)3)31(19-25)47-5)36(43)32(51-38)18-23-16-28(39)35(29(17-23)42(45)46)49-20-26-12-9-11-24-10-7-8-13-27(24)26/h7-19,21,34H,6,20H2,1-5H3/b32-18+/t34-/m1/s1. The fourth-order valence-corrected chi connectivity index (χ4v) is 7.62. The monoisotopic (exact) mass is 771 g/mol. The zero-order chi connectivity index (χ0) is 36.4. The Labute approximate surface area is 305 Å². The van der Waals surface area contributed by atoms with Crippen LogP contribution in [-0.2, 0) is 16.1 Å². The number of carbonyl (C=O) groups excluding carboxylic acids is 1. The molecular formula is C38H34BrN3O8S. The first-order chi connectivity index (χ1) is 24.5. The number of nitrogens with zero attached hydrogens (tertiary/aromatic N) is 3. The molecule has 1 aliphatic rings. The van der Waals surface area contributed by atoms with E-state index in [-0.39, 0.29) is 40.9 Å². The molecule has 0 aliphatic carbocycles. The van der Waals surface area contributed by atoms with Crippen molar-refractivity contribution in [3.63, 3.8) is 0 Å². The molecule has 0 bridgehead atoms. The zero-order valence-electron chi connectivity index (χ0n) is 28.5. The van der Waals surface area contributed by atoms with Crippen molar-refractivity contribution in [2.24, 2.45) is 4.99 Å². The number of esters is 1. The molecular weight excluding hydrogens is 738 g/mol. The van der Waals surface area contributed by atoms with Crippen LogP contribution in [0.1, 0.15) is 50.4 Å². The third-order valence-corrected chi connectivity index (χ3v) is 9.75. The van der Waals surface area contributed by atoms with Crippen LogP contribution in [0, 0.1) is 10.1 Å². The number of methoxy groups -OCH3 is 1. The Morgan fingerprint density at radius 3 is 2.59 bits per heavy atom. The predicted molar refractivity (Wildman–Crippen MR) is 198 cm³/mol. The molecule has 0 saturated heterocycles. The van der Waals surface area contributed by atoms with Crippen LogP contribution in [0.4, 0.5) is 5.69 Å². The Balaban J connectivity index is 1.43. The van der Waals surface area contributed by atoms with Crippen molar-refractivity contribution in [2.45, 2.75) is 46.4 Å². The van der Waals surface area contributed by atoms with Crippen LogP contribution in [0.2, 0.25) is 0 Å². The number of halogens is 1. The first-order valence-corrected chi connectivity index (χ1v) is 17.7. The lowest BCUT2D eigenvalue weighted by Crippen LogP contribution is -2.40. The number of benzene rings is 4. The number of hydrogen-bond donors (Lipinski definition) is 0. The molecule has 1 aliphatic heterocycles. The molecule has 262 valence electrons. The summed E-state index contributed by atoms with van der Waals surface area (Å²) in [7, 11) is 1.52. The quantitative estimate of drug-likeness (QED) is 0.0798. The van der Waals surface area contributed by atoms with E-state index in [0.717, 1.165) is 27.7 Å². The Kier molecular flexibility index (Phi) is 10.4. The average Bonchev–Trinajstić information content (AvgIpc) is 3.40. The van der Waals surface area contributed by atoms with E-state index in [4.69, 9.17) is 18.9 Å². The molecule has 13 heteroatoms. The van der Waals surface area contributed by atoms with Gasteiger partial charge in [-0.2, -0.15) is 0 Å². The molecule has 4 aromatic carbocycles. The van der Waals surface area contributed by atoms with Crippen LogP contribution in [0.3, 0.4) is 0 Å². The van der Waals surface area contributed by atoms with Gasteiger partial charge in [-0.25, -0.2) is 9.79 Å². The van der Waals surface area contributed by atoms with Crippen LogP contribution < -0.4 is 29.1 Å². The number of allylic oxidation sites excluding steroid dienone is 1. The molecule has 0 radical (unpaired) electrons. The van der Waals surface area contributed by atoms with Crippen molar-refractivity contribution in [3.8, 4) is 17.2 Å². The molecule has 0 fully saturated rings. The Bertz CT molecular complexity index is 2390. The van der Waals surface area contributed by atoms with E-state index < -0.39 is 22.5 Å². The van der Waals surface area contributed by atoms with Crippen molar-refractivity contribution in [1.29, 1.82) is 0 Å². The summed E-state index contributed by atoms with van der Waals surface area (Å²) < 4.78 is 25.0. The topological polar surface area (TPSA) is 131 Å². The number of ether oxygens (including phenoxy) is 4. The number of nitro groups is 1. The number of carbonyl (C=O) groups is 1. The van der Waals surface area contributed by atoms with Gasteiger partial charge >= 0.3 is 11.7 Å². The van der Waals surface area contributed by atoms with Gasteiger partial charge in [0.05, 0.1) is 51.1 Å². The number of aromatic nitrogens is 1. The molecule has 0 amide bonds. The van der Waals surface area contributed by atoms with Crippen molar-refractivity contribution in [2.75, 3.05) is 13.7 Å². The predicted octanol–water partition coefficient (Wildman–Crippen LogP) is 7.00. The van der Waals surface area contributed by atoms with Crippen molar-refractivity contribution in [1.82, 2.24) is 4.57 Å². The van der Waals surface area contributed by atoms with Crippen LogP contribution in [-0.4, -0.2) is 35.3 Å². The molecule has 0 unspecified atom stereocenters. The molecule has 1 aromatic heterocycles. The molecule has 2 heterocycles. The summed E-state index contributed by atoms with van der Waals surface area (Å²) in [6, 6.07) is 21.1. The second kappa shape index (κ2) is 14.9. The van der Waals surface area contributed by atoms with Crippen molar-refractivity contribution in [3.05, 3.63) is 135 Å². The highest BCUT2D eigenvalue weighted by molar-refractivity contribution is 9.10. The minimum Gasteiger partial charge on any atom is -0.493 e. The summed E-state index contributed by atoms with van der Waals surface area (Å²) in [6.45, 7) is 7.44. The van der Waals surface area contributed by atoms with Gasteiger partial charge in [-0.05, 0) is 95.4 Å². The molecule has 0 saturated carbocycles. The summed E-state index contributed by atoms with van der Waals surface area (Å²) in [5.41, 5.74) is 1.77. The highest BCUT2D eigenvalue weighted by Gasteiger charge is 2.34. The van der Waals surface area contributed by atoms with Crippen LogP contribution in [0.25, 0.3) is 16.8 Å². The number of fused-ring (bicyclic) bond motifs is 2. The van der Waals surface area contributed by atoms with Gasteiger partial charge in [-0.15, -0.1) is 0 Å². The molecule has 51 heavy (non-hydrogen) atoms. The average molecular weight is 773 g/mol. The van der Waals surface area contributed by atoms with E-state index in [1.54, 1.807) is 44.2 Å². The molecule has 6 rings (SSSR count). The van der Waals surface area contributed by atoms with Crippen LogP contribution in [0.5, 0.6) is 17.2 Å². The van der Waals surface area contributed by atoms with E-state index in [9.17, 15) is 19.7 Å². The SMILES string of the molecule is CCOC(=O)C1=C(C)N=c2s/c(=C/c3cc(Br)c(OCc4cccc5ccccc45)c([N+](=O)[O-])c3)c(=O)n2[C@@H]1c1ccc(OC(C)C)c(OC)c1. The van der Waals surface area contributed by atoms with E-state index in [0.29, 0.717) is 37.6 Å². The van der Waals surface area contributed by atoms with Crippen LogP contribution >= 0.6 is 27.3 Å². The van der Waals surface area contributed by atoms with Gasteiger partial charge in [0.15, 0.2) is 16.3 Å². The smallest absolute Gasteiger partial charge is 0.338 e. The lowest BCUT2D eigenvalue weighted by Gasteiger charge is -2.25. The molecule has 1 atom stereocenters. The molecule has 0 N–H and O–H groups in total. The summed E-state index contributed by atoms with van der Waals surface area (Å²) in [5.74, 6) is 0.415. The third kappa shape index (κ3) is 7.17. The fraction of sp³-hybridized carbons (Fsp3) is 0.237. The van der Waals surface area contributed by atoms with Gasteiger partial charge < -0.3 is 18.9 Å². The second-order valence-corrected chi connectivity index (χ2v) is 13.8. The lowest BCUT2D eigenvalue weighted by molar-refractivity contribution is -0.386. The molecule has 5 aromatic rings. The van der Waals surface area contributed by atoms with Crippen molar-refractivity contribution >= 4 is 55.8 Å². The third-order valence-electron chi connectivity index (χ3n) is 8.18. The van der Waals surface area contributed by atoms with Gasteiger partial charge in [-0.1, -0.05) is 59.9 Å². The summed E-state index contributed by atoms with van der Waals surface area (Å²) in [5, 5.41) is 14.3. The highest BCUT2D eigenvalue weighted by Crippen LogP contribution is 2.39.